The molecule has 5 aromatic carbocycles. The molecular formula is C58H70F12O. The van der Waals surface area contributed by atoms with Crippen LogP contribution in [0.25, 0.3) is 11.1 Å². The van der Waals surface area contributed by atoms with Gasteiger partial charge in [-0.15, -0.1) is 0 Å². The molecule has 4 aliphatic rings. The summed E-state index contributed by atoms with van der Waals surface area (Å²) in [4.78, 5) is 0. The average Bonchev–Trinajstić information content (AvgIpc) is 3.34. The van der Waals surface area contributed by atoms with Crippen LogP contribution in [-0.4, -0.2) is 0 Å². The van der Waals surface area contributed by atoms with Gasteiger partial charge in [0, 0.05) is 17.8 Å². The monoisotopic (exact) mass is 1010 g/mol. The first kappa shape index (κ1) is 53.8. The maximum absolute atomic E-state index is 14.3. The van der Waals surface area contributed by atoms with E-state index in [1.165, 1.54) is 88.5 Å². The van der Waals surface area contributed by atoms with E-state index in [1.54, 1.807) is 37.3 Å². The van der Waals surface area contributed by atoms with E-state index in [9.17, 15) is 52.7 Å². The predicted octanol–water partition coefficient (Wildman–Crippen LogP) is 19.7. The van der Waals surface area contributed by atoms with E-state index in [0.29, 0.717) is 29.2 Å². The lowest BCUT2D eigenvalue weighted by Gasteiger charge is -2.37. The molecule has 0 aromatic heterocycles. The summed E-state index contributed by atoms with van der Waals surface area (Å²) in [5, 5.41) is 0. The quantitative estimate of drug-likeness (QED) is 0.111. The molecule has 392 valence electrons. The van der Waals surface area contributed by atoms with Crippen molar-refractivity contribution >= 4 is 0 Å². The zero-order valence-corrected chi connectivity index (χ0v) is 40.4. The van der Waals surface area contributed by atoms with Crippen molar-refractivity contribution in [3.8, 4) is 16.9 Å². The Balaban J connectivity index is 0.000000292. The smallest absolute Gasteiger partial charge is 0.429 e. The molecule has 0 saturated heterocycles. The second-order valence-electron chi connectivity index (χ2n) is 20.7. The highest BCUT2D eigenvalue weighted by molar-refractivity contribution is 5.64. The van der Waals surface area contributed by atoms with Crippen molar-refractivity contribution in [2.24, 2.45) is 35.5 Å². The van der Waals surface area contributed by atoms with E-state index >= 15 is 0 Å². The summed E-state index contributed by atoms with van der Waals surface area (Å²) in [7, 11) is 0. The standard InChI is InChI=1S/C20H11F7O.C19H25F3.C19H26F2.4H2/c1-10-2-4-11(5-3-10)12-6-14(21)18(15(22)7-12)20(26,27)28-13-8-16(23)19(25)17(24)9-13;1-12-2-4-13(5-3-12)14-6-8-15(9-7-14)16-10-17(20)19(22)18(21)11-16;1-13-2-4-14(5-3-13)15-6-8-16(9-7-15)17-10-11-18(20)19(21)12-17;;;;/h2-9H,1H3;10-15H,2-9H2,1H3;10-16H,2-9H2,1H3;4*1H. The van der Waals surface area contributed by atoms with Gasteiger partial charge >= 0.3 is 6.11 Å². The Labute approximate surface area is 415 Å². The second kappa shape index (κ2) is 23.7. The number of ether oxygens (including phenoxy) is 1. The van der Waals surface area contributed by atoms with Crippen molar-refractivity contribution in [2.45, 2.75) is 141 Å². The fourth-order valence-corrected chi connectivity index (χ4v) is 11.5. The van der Waals surface area contributed by atoms with Crippen LogP contribution in [0, 0.1) is 101 Å². The Bertz CT molecular complexity index is 2500. The van der Waals surface area contributed by atoms with Gasteiger partial charge in [0.2, 0.25) is 0 Å². The lowest BCUT2D eigenvalue weighted by molar-refractivity contribution is -0.189. The number of rotatable bonds is 8. The van der Waals surface area contributed by atoms with Crippen LogP contribution < -0.4 is 4.74 Å². The van der Waals surface area contributed by atoms with Gasteiger partial charge in [0.15, 0.2) is 46.5 Å². The third-order valence-corrected chi connectivity index (χ3v) is 15.8. The molecule has 5 aromatic rings. The zero-order chi connectivity index (χ0) is 51.1. The summed E-state index contributed by atoms with van der Waals surface area (Å²) in [6.45, 7) is 6.51. The molecule has 0 amide bonds. The van der Waals surface area contributed by atoms with Crippen molar-refractivity contribution in [2.75, 3.05) is 0 Å². The highest BCUT2D eigenvalue weighted by atomic mass is 19.3. The molecule has 0 heterocycles. The van der Waals surface area contributed by atoms with Gasteiger partial charge in [-0.25, -0.2) is 43.9 Å². The number of hydrogen-bond acceptors (Lipinski definition) is 1. The van der Waals surface area contributed by atoms with Gasteiger partial charge in [-0.2, -0.15) is 8.78 Å². The summed E-state index contributed by atoms with van der Waals surface area (Å²) in [5.41, 5.74) is 1.17. The van der Waals surface area contributed by atoms with E-state index < -0.39 is 75.6 Å². The van der Waals surface area contributed by atoms with Crippen molar-refractivity contribution in [3.63, 3.8) is 0 Å². The first-order valence-corrected chi connectivity index (χ1v) is 25.1. The number of alkyl halides is 2. The summed E-state index contributed by atoms with van der Waals surface area (Å²) in [6.07, 6.45) is 15.4. The second-order valence-corrected chi connectivity index (χ2v) is 20.7. The molecule has 0 radical (unpaired) electrons. The Morgan fingerprint density at radius 1 is 0.394 bits per heavy atom. The molecular weight excluding hydrogens is 941 g/mol. The Kier molecular flexibility index (Phi) is 18.0. The number of halogens is 12. The fraction of sp³-hybridized carbons (Fsp3) is 0.483. The minimum atomic E-state index is -4.61. The van der Waals surface area contributed by atoms with Crippen LogP contribution in [0.15, 0.2) is 78.9 Å². The molecule has 4 fully saturated rings. The lowest BCUT2D eigenvalue weighted by Crippen LogP contribution is -2.25. The van der Waals surface area contributed by atoms with Gasteiger partial charge < -0.3 is 4.74 Å². The highest BCUT2D eigenvalue weighted by Gasteiger charge is 2.42. The van der Waals surface area contributed by atoms with E-state index in [2.05, 4.69) is 18.6 Å². The summed E-state index contributed by atoms with van der Waals surface area (Å²) >= 11 is 0. The summed E-state index contributed by atoms with van der Waals surface area (Å²) in [6, 6.07) is 14.9. The van der Waals surface area contributed by atoms with Crippen LogP contribution >= 0.6 is 0 Å². The first-order valence-electron chi connectivity index (χ1n) is 25.1. The average molecular weight is 1010 g/mol. The molecule has 9 rings (SSSR count). The molecule has 0 atom stereocenters. The number of aryl methyl sites for hydroxylation is 1. The fourth-order valence-electron chi connectivity index (χ4n) is 11.5. The van der Waals surface area contributed by atoms with Crippen LogP contribution in [0.5, 0.6) is 5.75 Å². The number of hydrogen-bond donors (Lipinski definition) is 0. The van der Waals surface area contributed by atoms with Gasteiger partial charge in [0.05, 0.1) is 0 Å². The van der Waals surface area contributed by atoms with Crippen LogP contribution in [-0.2, 0) is 6.11 Å². The number of benzene rings is 5. The zero-order valence-electron chi connectivity index (χ0n) is 40.4. The molecule has 0 spiro atoms. The summed E-state index contributed by atoms with van der Waals surface area (Å²) in [5.74, 6) is -8.93. The summed E-state index contributed by atoms with van der Waals surface area (Å²) < 4.78 is 167. The van der Waals surface area contributed by atoms with Gasteiger partial charge in [-0.1, -0.05) is 75.4 Å². The minimum absolute atomic E-state index is 0. The van der Waals surface area contributed by atoms with E-state index in [4.69, 9.17) is 0 Å². The van der Waals surface area contributed by atoms with Crippen molar-refractivity contribution < 1.29 is 63.1 Å². The third kappa shape index (κ3) is 13.8. The molecule has 1 nitrogen and oxygen atoms in total. The molecule has 4 aliphatic carbocycles. The minimum Gasteiger partial charge on any atom is -0.429 e. The SMILES string of the molecule is CC1CCC(C2CCC(c3cc(F)c(F)c(F)c3)CC2)CC1.CC1CCC(C2CCC(c3ccc(F)c(F)c3)CC2)CC1.Cc1ccc(-c2cc(F)c(C(F)(F)Oc3cc(F)c(F)c(F)c3)c(F)c2)cc1.[HH].[HH].[HH].[HH]. The van der Waals surface area contributed by atoms with E-state index in [1.807, 2.05) is 0 Å². The topological polar surface area (TPSA) is 9.23 Å². The van der Waals surface area contributed by atoms with Crippen molar-refractivity contribution in [1.29, 1.82) is 0 Å². The molecule has 0 N–H and O–H groups in total. The normalized spacial score (nSPS) is 24.8. The maximum Gasteiger partial charge on any atom is 0.432 e. The Morgan fingerprint density at radius 3 is 1.20 bits per heavy atom. The molecule has 71 heavy (non-hydrogen) atoms. The molecule has 0 aliphatic heterocycles. The van der Waals surface area contributed by atoms with Gasteiger partial charge in [0.25, 0.3) is 0 Å². The van der Waals surface area contributed by atoms with Gasteiger partial charge in [-0.3, -0.25) is 0 Å². The highest BCUT2D eigenvalue weighted by Crippen LogP contribution is 2.46. The maximum atomic E-state index is 14.3. The van der Waals surface area contributed by atoms with Crippen molar-refractivity contribution in [3.05, 3.63) is 159 Å². The Morgan fingerprint density at radius 2 is 0.775 bits per heavy atom. The first-order chi connectivity index (χ1) is 33.8. The van der Waals surface area contributed by atoms with E-state index in [-0.39, 0.29) is 29.3 Å². The molecule has 13 heteroatoms. The predicted molar refractivity (Wildman–Crippen MR) is 260 cm³/mol. The largest absolute Gasteiger partial charge is 0.432 e. The molecule has 0 bridgehead atoms. The van der Waals surface area contributed by atoms with E-state index in [0.717, 1.165) is 85.2 Å². The molecule has 0 unspecified atom stereocenters. The van der Waals surface area contributed by atoms with Crippen LogP contribution in [0.2, 0.25) is 0 Å². The van der Waals surface area contributed by atoms with Crippen LogP contribution in [0.3, 0.4) is 0 Å². The van der Waals surface area contributed by atoms with Crippen LogP contribution in [0.1, 0.15) is 156 Å². The third-order valence-electron chi connectivity index (χ3n) is 15.8. The molecule has 4 saturated carbocycles. The lowest BCUT2D eigenvalue weighted by atomic mass is 9.68. The van der Waals surface area contributed by atoms with Crippen molar-refractivity contribution in [1.82, 2.24) is 0 Å². The Hall–Kier alpha value is -4.94. The van der Waals surface area contributed by atoms with Gasteiger partial charge in [0.1, 0.15) is 22.9 Å². The van der Waals surface area contributed by atoms with Crippen LogP contribution in [0.4, 0.5) is 52.7 Å². The van der Waals surface area contributed by atoms with Gasteiger partial charge in [-0.05, 0) is 190 Å².